The van der Waals surface area contributed by atoms with Gasteiger partial charge in [-0.3, -0.25) is 0 Å². The fraction of sp³-hybridized carbons (Fsp3) is 0.400. The second kappa shape index (κ2) is 9.48. The third-order valence-electron chi connectivity index (χ3n) is 10.8. The first-order chi connectivity index (χ1) is 19.7. The number of benzene rings is 4. The smallest absolute Gasteiger partial charge is 0.0666 e. The fourth-order valence-corrected chi connectivity index (χ4v) is 9.18. The molecule has 1 aliphatic heterocycles. The maximum atomic E-state index is 2.58. The molecule has 0 spiro atoms. The van der Waals surface area contributed by atoms with Crippen molar-refractivity contribution in [3.8, 4) is 0 Å². The van der Waals surface area contributed by atoms with E-state index in [4.69, 9.17) is 0 Å². The molecule has 0 bridgehead atoms. The lowest BCUT2D eigenvalue weighted by atomic mass is 9.29. The summed E-state index contributed by atoms with van der Waals surface area (Å²) in [5.41, 5.74) is 20.3. The minimum Gasteiger partial charge on any atom is -0.0666 e. The minimum atomic E-state index is -0.0267. The van der Waals surface area contributed by atoms with Crippen molar-refractivity contribution in [3.63, 3.8) is 0 Å². The first-order valence-corrected chi connectivity index (χ1v) is 16.3. The topological polar surface area (TPSA) is 0 Å². The van der Waals surface area contributed by atoms with Gasteiger partial charge in [-0.1, -0.05) is 162 Å². The Bertz CT molecular complexity index is 1570. The molecule has 0 N–H and O–H groups in total. The van der Waals surface area contributed by atoms with E-state index in [0.717, 1.165) is 12.8 Å². The Kier molecular flexibility index (Phi) is 6.20. The molecule has 1 heteroatoms. The van der Waals surface area contributed by atoms with Crippen molar-refractivity contribution in [1.29, 1.82) is 0 Å². The minimum absolute atomic E-state index is 0.0267. The Hall–Kier alpha value is -3.06. The van der Waals surface area contributed by atoms with Crippen LogP contribution in [0.2, 0.25) is 0 Å². The molecule has 41 heavy (non-hydrogen) atoms. The van der Waals surface area contributed by atoms with Crippen molar-refractivity contribution in [3.05, 3.63) is 122 Å². The highest BCUT2D eigenvalue weighted by atomic mass is 14.5. The van der Waals surface area contributed by atoms with Crippen molar-refractivity contribution in [2.45, 2.75) is 104 Å². The average Bonchev–Trinajstić information content (AvgIpc) is 2.95. The third-order valence-corrected chi connectivity index (χ3v) is 10.8. The molecule has 2 aliphatic carbocycles. The Balaban J connectivity index is 1.62. The largest absolute Gasteiger partial charge is 0.242 e. The van der Waals surface area contributed by atoms with Crippen LogP contribution in [0.5, 0.6) is 0 Å². The van der Waals surface area contributed by atoms with Crippen LogP contribution in [-0.4, -0.2) is 6.71 Å². The highest BCUT2D eigenvalue weighted by Gasteiger charge is 2.51. The van der Waals surface area contributed by atoms with E-state index >= 15 is 0 Å². The molecule has 0 atom stereocenters. The SMILES string of the molecule is CCCc1cc(CCC)c(B2c3cccc4c3C3c5c2cccc5C(C)(C)c2cccc(c23)C4(C)C)c(CCC)c1. The van der Waals surface area contributed by atoms with E-state index in [9.17, 15) is 0 Å². The summed E-state index contributed by atoms with van der Waals surface area (Å²) in [5, 5.41) is 0. The molecule has 4 aromatic rings. The Morgan fingerprint density at radius 2 is 0.976 bits per heavy atom. The highest BCUT2D eigenvalue weighted by Crippen LogP contribution is 2.57. The molecule has 1 heterocycles. The Labute approximate surface area is 248 Å². The molecule has 0 nitrogen and oxygen atoms in total. The zero-order valence-corrected chi connectivity index (χ0v) is 26.2. The second-order valence-corrected chi connectivity index (χ2v) is 14.1. The van der Waals surface area contributed by atoms with Crippen LogP contribution in [0.15, 0.2) is 66.7 Å². The van der Waals surface area contributed by atoms with E-state index in [2.05, 4.69) is 115 Å². The summed E-state index contributed by atoms with van der Waals surface area (Å²) in [6, 6.07) is 26.9. The van der Waals surface area contributed by atoms with Gasteiger partial charge < -0.3 is 0 Å². The van der Waals surface area contributed by atoms with Crippen molar-refractivity contribution in [2.24, 2.45) is 0 Å². The summed E-state index contributed by atoms with van der Waals surface area (Å²) in [5.74, 6) is 0.333. The Morgan fingerprint density at radius 3 is 1.41 bits per heavy atom. The van der Waals surface area contributed by atoms with Gasteiger partial charge in [0.2, 0.25) is 6.71 Å². The predicted molar refractivity (Wildman–Crippen MR) is 178 cm³/mol. The van der Waals surface area contributed by atoms with E-state index in [0.29, 0.717) is 5.92 Å². The summed E-state index contributed by atoms with van der Waals surface area (Å²) in [4.78, 5) is 0. The first kappa shape index (κ1) is 26.8. The quantitative estimate of drug-likeness (QED) is 0.186. The molecule has 0 amide bonds. The van der Waals surface area contributed by atoms with E-state index < -0.39 is 0 Å². The standard InChI is InChI=1S/C40H45B/c1-8-14-25-23-26(15-9-2)38(27(24-25)16-10-3)41-32-21-12-19-30-35(32)37-34-28(39(30,4)5)17-11-18-29(34)40(6,7)31-20-13-22-33(41)36(31)37/h11-13,17-24,37H,8-10,14-16H2,1-7H3. The van der Waals surface area contributed by atoms with Crippen molar-refractivity contribution >= 4 is 23.1 Å². The summed E-state index contributed by atoms with van der Waals surface area (Å²) >= 11 is 0. The fourth-order valence-electron chi connectivity index (χ4n) is 9.18. The molecular weight excluding hydrogens is 491 g/mol. The third kappa shape index (κ3) is 3.60. The lowest BCUT2D eigenvalue weighted by Crippen LogP contribution is -2.62. The van der Waals surface area contributed by atoms with Crippen molar-refractivity contribution < 1.29 is 0 Å². The van der Waals surface area contributed by atoms with Crippen LogP contribution in [0.1, 0.15) is 129 Å². The van der Waals surface area contributed by atoms with Crippen LogP contribution in [0.25, 0.3) is 0 Å². The van der Waals surface area contributed by atoms with Crippen LogP contribution in [0, 0.1) is 0 Å². The number of hydrogen-bond acceptors (Lipinski definition) is 0. The van der Waals surface area contributed by atoms with Crippen LogP contribution < -0.4 is 16.4 Å². The van der Waals surface area contributed by atoms with Gasteiger partial charge in [-0.05, 0) is 63.8 Å². The number of hydrogen-bond donors (Lipinski definition) is 0. The summed E-state index contributed by atoms with van der Waals surface area (Å²) in [6.45, 7) is 17.2. The highest BCUT2D eigenvalue weighted by molar-refractivity contribution is 6.97. The first-order valence-electron chi connectivity index (χ1n) is 16.3. The van der Waals surface area contributed by atoms with Crippen LogP contribution in [0.3, 0.4) is 0 Å². The van der Waals surface area contributed by atoms with Gasteiger partial charge in [0.15, 0.2) is 0 Å². The maximum Gasteiger partial charge on any atom is 0.242 e. The van der Waals surface area contributed by atoms with Crippen LogP contribution >= 0.6 is 0 Å². The molecule has 7 rings (SSSR count). The van der Waals surface area contributed by atoms with E-state index in [-0.39, 0.29) is 17.5 Å². The summed E-state index contributed by atoms with van der Waals surface area (Å²) in [6.07, 6.45) is 7.03. The molecule has 208 valence electrons. The lowest BCUT2D eigenvalue weighted by molar-refractivity contribution is 0.549. The molecular formula is C40H45B. The van der Waals surface area contributed by atoms with Gasteiger partial charge >= 0.3 is 0 Å². The lowest BCUT2D eigenvalue weighted by Gasteiger charge is -2.51. The number of aryl methyl sites for hydroxylation is 3. The summed E-state index contributed by atoms with van der Waals surface area (Å²) in [7, 11) is 0. The van der Waals surface area contributed by atoms with Gasteiger partial charge in [0, 0.05) is 16.7 Å². The van der Waals surface area contributed by atoms with Gasteiger partial charge in [-0.2, -0.15) is 0 Å². The number of rotatable bonds is 7. The van der Waals surface area contributed by atoms with E-state index in [1.54, 1.807) is 44.2 Å². The van der Waals surface area contributed by atoms with Gasteiger partial charge in [0.1, 0.15) is 0 Å². The van der Waals surface area contributed by atoms with Gasteiger partial charge in [0.05, 0.1) is 0 Å². The zero-order chi connectivity index (χ0) is 28.7. The summed E-state index contributed by atoms with van der Waals surface area (Å²) < 4.78 is 0. The van der Waals surface area contributed by atoms with Crippen LogP contribution in [0.4, 0.5) is 0 Å². The average molecular weight is 537 g/mol. The van der Waals surface area contributed by atoms with Crippen molar-refractivity contribution in [1.82, 2.24) is 0 Å². The van der Waals surface area contributed by atoms with Crippen LogP contribution in [-0.2, 0) is 30.1 Å². The van der Waals surface area contributed by atoms with Gasteiger partial charge in [-0.25, -0.2) is 0 Å². The van der Waals surface area contributed by atoms with Crippen molar-refractivity contribution in [2.75, 3.05) is 0 Å². The molecule has 4 aromatic carbocycles. The molecule has 3 aliphatic rings. The molecule has 0 saturated carbocycles. The maximum absolute atomic E-state index is 2.58. The predicted octanol–water partition coefficient (Wildman–Crippen LogP) is 7.83. The van der Waals surface area contributed by atoms with Gasteiger partial charge in [-0.15, -0.1) is 0 Å². The van der Waals surface area contributed by atoms with Gasteiger partial charge in [0.25, 0.3) is 0 Å². The second-order valence-electron chi connectivity index (χ2n) is 14.1. The zero-order valence-electron chi connectivity index (χ0n) is 26.2. The molecule has 0 fully saturated rings. The molecule has 0 aromatic heterocycles. The Morgan fingerprint density at radius 1 is 0.561 bits per heavy atom. The molecule has 0 radical (unpaired) electrons. The van der Waals surface area contributed by atoms with E-state index in [1.807, 2.05) is 0 Å². The normalized spacial score (nSPS) is 17.0. The molecule has 0 unspecified atom stereocenters. The monoisotopic (exact) mass is 536 g/mol. The van der Waals surface area contributed by atoms with E-state index in [1.165, 1.54) is 53.5 Å². The molecule has 0 saturated heterocycles.